The second-order valence-electron chi connectivity index (χ2n) is 8.37. The summed E-state index contributed by atoms with van der Waals surface area (Å²) in [7, 11) is 3.02. The first-order valence-electron chi connectivity index (χ1n) is 8.22. The van der Waals surface area contributed by atoms with Crippen LogP contribution in [0.4, 0.5) is 0 Å². The van der Waals surface area contributed by atoms with E-state index in [1.165, 1.54) is 7.11 Å². The Labute approximate surface area is 136 Å². The van der Waals surface area contributed by atoms with Crippen LogP contribution in [0.3, 0.4) is 0 Å². The van der Waals surface area contributed by atoms with Gasteiger partial charge in [0.25, 0.3) is 0 Å². The average Bonchev–Trinajstić information content (AvgIpc) is 3.36. The summed E-state index contributed by atoms with van der Waals surface area (Å²) in [4.78, 5) is 12.8. The maximum absolute atomic E-state index is 12.8. The van der Waals surface area contributed by atoms with E-state index in [1.807, 2.05) is 0 Å². The zero-order valence-corrected chi connectivity index (χ0v) is 14.1. The molecule has 5 aliphatic rings. The molecule has 0 unspecified atom stereocenters. The third kappa shape index (κ3) is 1.23. The van der Waals surface area contributed by atoms with Crippen LogP contribution in [-0.4, -0.2) is 48.2 Å². The molecular weight excluding hydrogens is 296 g/mol. The topological polar surface area (TPSA) is 76.0 Å². The number of carbonyl (C=O) groups is 1. The van der Waals surface area contributed by atoms with Crippen molar-refractivity contribution >= 4 is 5.97 Å². The zero-order valence-electron chi connectivity index (χ0n) is 14.1. The van der Waals surface area contributed by atoms with Crippen molar-refractivity contribution in [3.63, 3.8) is 0 Å². The number of hydrogen-bond donors (Lipinski definition) is 2. The molecule has 2 N–H and O–H groups in total. The van der Waals surface area contributed by atoms with Crippen LogP contribution in [0.2, 0.25) is 0 Å². The smallest absolute Gasteiger partial charge is 0.315 e. The van der Waals surface area contributed by atoms with Crippen molar-refractivity contribution in [2.45, 2.75) is 44.3 Å². The van der Waals surface area contributed by atoms with Gasteiger partial charge in [0.2, 0.25) is 0 Å². The van der Waals surface area contributed by atoms with E-state index in [1.54, 1.807) is 7.11 Å². The van der Waals surface area contributed by atoms with Gasteiger partial charge < -0.3 is 19.7 Å². The standard InChI is InChI=1S/C18H24O5/c1-14(2)10-17(23-4)12-16(21,6-5-9-19)11(14)15(7-8-15)18(12,17)13(20)22-3/h11-12,19,21H,7-10H2,1-4H3/t11-,12+,16-,17+,18+/m1/s1. The van der Waals surface area contributed by atoms with Crippen molar-refractivity contribution < 1.29 is 24.5 Å². The fourth-order valence-corrected chi connectivity index (χ4v) is 7.23. The Hall–Kier alpha value is -1.09. The lowest BCUT2D eigenvalue weighted by atomic mass is 9.52. The first-order valence-corrected chi connectivity index (χ1v) is 8.22. The van der Waals surface area contributed by atoms with E-state index in [2.05, 4.69) is 25.7 Å². The fourth-order valence-electron chi connectivity index (χ4n) is 7.23. The van der Waals surface area contributed by atoms with Crippen LogP contribution in [0.1, 0.15) is 33.1 Å². The van der Waals surface area contributed by atoms with Gasteiger partial charge in [0.15, 0.2) is 0 Å². The van der Waals surface area contributed by atoms with Gasteiger partial charge in [0.1, 0.15) is 17.6 Å². The first kappa shape index (κ1) is 15.4. The third-order valence-electron chi connectivity index (χ3n) is 7.23. The molecule has 5 aliphatic carbocycles. The molecule has 0 amide bonds. The lowest BCUT2D eigenvalue weighted by molar-refractivity contribution is -0.185. The average molecular weight is 320 g/mol. The normalized spacial score (nSPS) is 49.3. The SMILES string of the molecule is COC(=O)[C@]12[C@H]3[C@@](O)(C#CCO)[C@H](C(C)(C)C[C@]31OC)C21CC1. The minimum absolute atomic E-state index is 0.109. The van der Waals surface area contributed by atoms with Crippen LogP contribution in [0.5, 0.6) is 0 Å². The van der Waals surface area contributed by atoms with Crippen LogP contribution < -0.4 is 0 Å². The molecule has 4 bridgehead atoms. The maximum atomic E-state index is 12.8. The quantitative estimate of drug-likeness (QED) is 0.579. The number of methoxy groups -OCH3 is 2. The number of aliphatic hydroxyl groups is 2. The summed E-state index contributed by atoms with van der Waals surface area (Å²) in [6, 6.07) is 0. The predicted octanol–water partition coefficient (Wildman–Crippen LogP) is 0.727. The number of ether oxygens (including phenoxy) is 2. The molecule has 5 saturated carbocycles. The van der Waals surface area contributed by atoms with Gasteiger partial charge in [-0.05, 0) is 30.1 Å². The lowest BCUT2D eigenvalue weighted by Crippen LogP contribution is -2.60. The molecule has 0 aromatic rings. The van der Waals surface area contributed by atoms with Crippen molar-refractivity contribution in [3.05, 3.63) is 0 Å². The van der Waals surface area contributed by atoms with E-state index in [4.69, 9.17) is 14.6 Å². The number of hydrogen-bond acceptors (Lipinski definition) is 5. The highest BCUT2D eigenvalue weighted by atomic mass is 16.5. The molecule has 0 aromatic heterocycles. The van der Waals surface area contributed by atoms with E-state index >= 15 is 0 Å². The molecule has 5 fully saturated rings. The fraction of sp³-hybridized carbons (Fsp3) is 0.833. The Morgan fingerprint density at radius 3 is 2.39 bits per heavy atom. The summed E-state index contributed by atoms with van der Waals surface area (Å²) in [6.45, 7) is 3.94. The van der Waals surface area contributed by atoms with Crippen LogP contribution in [0.15, 0.2) is 0 Å². The van der Waals surface area contributed by atoms with Gasteiger partial charge >= 0.3 is 5.97 Å². The van der Waals surface area contributed by atoms with Crippen molar-refractivity contribution in [2.24, 2.45) is 28.1 Å². The van der Waals surface area contributed by atoms with Crippen LogP contribution in [0.25, 0.3) is 0 Å². The van der Waals surface area contributed by atoms with Crippen molar-refractivity contribution in [3.8, 4) is 11.8 Å². The van der Waals surface area contributed by atoms with Gasteiger partial charge in [-0.3, -0.25) is 4.79 Å². The summed E-state index contributed by atoms with van der Waals surface area (Å²) in [6.07, 6.45) is 2.49. The van der Waals surface area contributed by atoms with Gasteiger partial charge in [-0.2, -0.15) is 0 Å². The van der Waals surface area contributed by atoms with Crippen molar-refractivity contribution in [2.75, 3.05) is 20.8 Å². The Balaban J connectivity index is 1.98. The summed E-state index contributed by atoms with van der Waals surface area (Å²) in [5.74, 6) is 4.79. The molecule has 0 radical (unpaired) electrons. The largest absolute Gasteiger partial charge is 0.468 e. The third-order valence-corrected chi connectivity index (χ3v) is 7.23. The van der Waals surface area contributed by atoms with Gasteiger partial charge in [-0.15, -0.1) is 0 Å². The molecule has 0 aliphatic heterocycles. The van der Waals surface area contributed by atoms with E-state index in [0.29, 0.717) is 6.42 Å². The molecule has 5 nitrogen and oxygen atoms in total. The molecular formula is C18H24O5. The number of carbonyl (C=O) groups excluding carboxylic acids is 1. The number of esters is 1. The summed E-state index contributed by atoms with van der Waals surface area (Å²) in [5, 5.41) is 20.7. The molecule has 5 heteroatoms. The first-order chi connectivity index (χ1) is 10.7. The molecule has 0 saturated heterocycles. The number of rotatable bonds is 2. The van der Waals surface area contributed by atoms with Crippen molar-refractivity contribution in [1.29, 1.82) is 0 Å². The monoisotopic (exact) mass is 320 g/mol. The minimum Gasteiger partial charge on any atom is -0.468 e. The second-order valence-corrected chi connectivity index (χ2v) is 8.37. The lowest BCUT2D eigenvalue weighted by Gasteiger charge is -2.54. The Morgan fingerprint density at radius 2 is 1.91 bits per heavy atom. The summed E-state index contributed by atoms with van der Waals surface area (Å²) < 4.78 is 11.1. The summed E-state index contributed by atoms with van der Waals surface area (Å²) in [5.41, 5.74) is -3.31. The van der Waals surface area contributed by atoms with E-state index in [0.717, 1.165) is 12.8 Å². The molecule has 0 aromatic carbocycles. The van der Waals surface area contributed by atoms with Gasteiger partial charge in [-0.1, -0.05) is 25.7 Å². The highest BCUT2D eigenvalue weighted by Crippen LogP contribution is 2.96. The van der Waals surface area contributed by atoms with E-state index in [9.17, 15) is 9.90 Å². The van der Waals surface area contributed by atoms with Gasteiger partial charge in [0.05, 0.1) is 12.7 Å². The zero-order chi connectivity index (χ0) is 16.9. The highest BCUT2D eigenvalue weighted by Gasteiger charge is 3.04. The number of fused-ring (bicyclic) bond motifs is 1. The molecule has 23 heavy (non-hydrogen) atoms. The minimum atomic E-state index is -1.31. The molecule has 126 valence electrons. The van der Waals surface area contributed by atoms with Crippen LogP contribution in [-0.2, 0) is 14.3 Å². The van der Waals surface area contributed by atoms with Crippen LogP contribution in [0, 0.1) is 39.9 Å². The molecule has 1 spiro atoms. The molecule has 5 rings (SSSR count). The molecule has 0 heterocycles. The van der Waals surface area contributed by atoms with E-state index in [-0.39, 0.29) is 35.2 Å². The maximum Gasteiger partial charge on any atom is 0.315 e. The van der Waals surface area contributed by atoms with Crippen LogP contribution >= 0.6 is 0 Å². The summed E-state index contributed by atoms with van der Waals surface area (Å²) >= 11 is 0. The molecule has 5 atom stereocenters. The predicted molar refractivity (Wildman–Crippen MR) is 81.0 cm³/mol. The van der Waals surface area contributed by atoms with Crippen molar-refractivity contribution in [1.82, 2.24) is 0 Å². The Morgan fingerprint density at radius 1 is 1.26 bits per heavy atom. The van der Waals surface area contributed by atoms with E-state index < -0.39 is 16.6 Å². The van der Waals surface area contributed by atoms with Gasteiger partial charge in [0, 0.05) is 18.9 Å². The van der Waals surface area contributed by atoms with Gasteiger partial charge in [-0.25, -0.2) is 0 Å². The second kappa shape index (κ2) is 3.93. The Bertz CT molecular complexity index is 654. The Kier molecular flexibility index (Phi) is 2.64. The highest BCUT2D eigenvalue weighted by molar-refractivity contribution is 5.89. The number of aliphatic hydroxyl groups excluding tert-OH is 1.